The van der Waals surface area contributed by atoms with Gasteiger partial charge in [-0.25, -0.2) is 4.98 Å². The van der Waals surface area contributed by atoms with E-state index in [0.29, 0.717) is 18.1 Å². The molecule has 1 fully saturated rings. The Morgan fingerprint density at radius 1 is 1.30 bits per heavy atom. The molecule has 2 rings (SSSR count). The lowest BCUT2D eigenvalue weighted by Crippen LogP contribution is -2.48. The van der Waals surface area contributed by atoms with E-state index in [-0.39, 0.29) is 5.91 Å². The van der Waals surface area contributed by atoms with Gasteiger partial charge in [-0.2, -0.15) is 0 Å². The van der Waals surface area contributed by atoms with Crippen molar-refractivity contribution < 1.29 is 4.79 Å². The maximum atomic E-state index is 11.4. The highest BCUT2D eigenvalue weighted by atomic mass is 32.1. The average Bonchev–Trinajstić information content (AvgIpc) is 2.37. The van der Waals surface area contributed by atoms with Gasteiger partial charge in [0.2, 0.25) is 5.91 Å². The maximum Gasteiger partial charge on any atom is 0.219 e. The Morgan fingerprint density at radius 3 is 2.40 bits per heavy atom. The van der Waals surface area contributed by atoms with Crippen molar-refractivity contribution >= 4 is 28.9 Å². The number of nitrogens with two attached hydrogens (primary N) is 1. The van der Waals surface area contributed by atoms with Crippen LogP contribution in [0.1, 0.15) is 23.7 Å². The Kier molecular flexibility index (Phi) is 4.23. The minimum Gasteiger partial charge on any atom is -0.389 e. The van der Waals surface area contributed by atoms with E-state index in [9.17, 15) is 4.79 Å². The molecule has 0 bridgehead atoms. The van der Waals surface area contributed by atoms with E-state index in [2.05, 4.69) is 9.88 Å². The molecule has 0 radical (unpaired) electrons. The van der Waals surface area contributed by atoms with Gasteiger partial charge >= 0.3 is 0 Å². The van der Waals surface area contributed by atoms with Gasteiger partial charge in [-0.05, 0) is 25.5 Å². The number of rotatable bonds is 2. The predicted molar refractivity (Wildman–Crippen MR) is 84.1 cm³/mol. The van der Waals surface area contributed by atoms with Crippen molar-refractivity contribution in [2.75, 3.05) is 31.1 Å². The fraction of sp³-hybridized carbons (Fsp3) is 0.500. The molecule has 1 aromatic heterocycles. The molecule has 0 saturated carbocycles. The second-order valence-electron chi connectivity index (χ2n) is 5.14. The van der Waals surface area contributed by atoms with Crippen LogP contribution in [0.2, 0.25) is 0 Å². The summed E-state index contributed by atoms with van der Waals surface area (Å²) in [5.41, 5.74) is 8.70. The number of aryl methyl sites for hydroxylation is 2. The quantitative estimate of drug-likeness (QED) is 0.824. The first-order valence-corrected chi connectivity index (χ1v) is 7.09. The third-order valence-corrected chi connectivity index (χ3v) is 3.80. The fourth-order valence-electron chi connectivity index (χ4n) is 2.58. The highest BCUT2D eigenvalue weighted by Gasteiger charge is 2.23. The molecule has 0 atom stereocenters. The normalized spacial score (nSPS) is 15.3. The van der Waals surface area contributed by atoms with Crippen LogP contribution in [0.15, 0.2) is 6.07 Å². The molecule has 0 unspecified atom stereocenters. The fourth-order valence-corrected chi connectivity index (χ4v) is 2.84. The standard InChI is InChI=1S/C14H20N4OS/c1-9-8-10(2)16-14(12(9)13(15)20)18-6-4-17(5-7-18)11(3)19/h8H,4-7H2,1-3H3,(H2,15,20). The first-order valence-electron chi connectivity index (χ1n) is 6.68. The highest BCUT2D eigenvalue weighted by Crippen LogP contribution is 2.23. The smallest absolute Gasteiger partial charge is 0.219 e. The minimum atomic E-state index is 0.118. The van der Waals surface area contributed by atoms with E-state index in [1.165, 1.54) is 0 Å². The Bertz CT molecular complexity index is 550. The first-order chi connectivity index (χ1) is 9.40. The van der Waals surface area contributed by atoms with Gasteiger partial charge in [0, 0.05) is 38.8 Å². The van der Waals surface area contributed by atoms with Crippen molar-refractivity contribution in [2.45, 2.75) is 20.8 Å². The van der Waals surface area contributed by atoms with Crippen molar-refractivity contribution in [3.05, 3.63) is 22.9 Å². The number of amides is 1. The van der Waals surface area contributed by atoms with E-state index in [0.717, 1.165) is 35.7 Å². The van der Waals surface area contributed by atoms with Gasteiger partial charge < -0.3 is 15.5 Å². The van der Waals surface area contributed by atoms with E-state index >= 15 is 0 Å². The molecule has 6 heteroatoms. The molecule has 1 saturated heterocycles. The number of hydrogen-bond acceptors (Lipinski definition) is 4. The zero-order valence-corrected chi connectivity index (χ0v) is 13.0. The van der Waals surface area contributed by atoms with Gasteiger partial charge in [0.25, 0.3) is 0 Å². The third-order valence-electron chi connectivity index (χ3n) is 3.60. The lowest BCUT2D eigenvalue weighted by Gasteiger charge is -2.36. The largest absolute Gasteiger partial charge is 0.389 e. The van der Waals surface area contributed by atoms with Gasteiger partial charge in [-0.15, -0.1) is 0 Å². The lowest BCUT2D eigenvalue weighted by molar-refractivity contribution is -0.129. The van der Waals surface area contributed by atoms with Crippen LogP contribution >= 0.6 is 12.2 Å². The van der Waals surface area contributed by atoms with Gasteiger partial charge in [0.1, 0.15) is 10.8 Å². The summed E-state index contributed by atoms with van der Waals surface area (Å²) in [6.07, 6.45) is 0. The molecule has 0 aromatic carbocycles. The van der Waals surface area contributed by atoms with Crippen molar-refractivity contribution in [3.63, 3.8) is 0 Å². The summed E-state index contributed by atoms with van der Waals surface area (Å²) in [4.78, 5) is 20.4. The van der Waals surface area contributed by atoms with E-state index in [1.807, 2.05) is 24.8 Å². The topological polar surface area (TPSA) is 62.5 Å². The molecule has 1 aromatic rings. The molecule has 2 heterocycles. The first kappa shape index (κ1) is 14.7. The van der Waals surface area contributed by atoms with Crippen LogP contribution in [-0.4, -0.2) is 47.0 Å². The summed E-state index contributed by atoms with van der Waals surface area (Å²) >= 11 is 5.16. The molecule has 0 spiro atoms. The molecule has 20 heavy (non-hydrogen) atoms. The summed E-state index contributed by atoms with van der Waals surface area (Å²) in [6.45, 7) is 8.49. The van der Waals surface area contributed by atoms with Crippen molar-refractivity contribution in [1.82, 2.24) is 9.88 Å². The molecule has 5 nitrogen and oxygen atoms in total. The summed E-state index contributed by atoms with van der Waals surface area (Å²) in [5.74, 6) is 0.964. The third kappa shape index (κ3) is 2.90. The van der Waals surface area contributed by atoms with Crippen molar-refractivity contribution in [3.8, 4) is 0 Å². The summed E-state index contributed by atoms with van der Waals surface area (Å²) in [5, 5.41) is 0. The van der Waals surface area contributed by atoms with Crippen LogP contribution in [-0.2, 0) is 4.79 Å². The average molecular weight is 292 g/mol. The number of hydrogen-bond donors (Lipinski definition) is 1. The van der Waals surface area contributed by atoms with E-state index < -0.39 is 0 Å². The van der Waals surface area contributed by atoms with E-state index in [1.54, 1.807) is 6.92 Å². The van der Waals surface area contributed by atoms with Gasteiger partial charge in [-0.1, -0.05) is 12.2 Å². The highest BCUT2D eigenvalue weighted by molar-refractivity contribution is 7.80. The molecule has 108 valence electrons. The molecular weight excluding hydrogens is 272 g/mol. The number of aromatic nitrogens is 1. The number of piperazine rings is 1. The van der Waals surface area contributed by atoms with Gasteiger partial charge in [0.15, 0.2) is 0 Å². The van der Waals surface area contributed by atoms with Crippen LogP contribution in [0.25, 0.3) is 0 Å². The zero-order valence-electron chi connectivity index (χ0n) is 12.1. The maximum absolute atomic E-state index is 11.4. The number of carbonyl (C=O) groups excluding carboxylic acids is 1. The summed E-state index contributed by atoms with van der Waals surface area (Å²) in [6, 6.07) is 1.99. The second kappa shape index (κ2) is 5.75. The monoisotopic (exact) mass is 292 g/mol. The zero-order chi connectivity index (χ0) is 14.9. The molecule has 2 N–H and O–H groups in total. The Morgan fingerprint density at radius 2 is 1.90 bits per heavy atom. The molecule has 0 aliphatic carbocycles. The number of thiocarbonyl (C=S) groups is 1. The Hall–Kier alpha value is -1.69. The van der Waals surface area contributed by atoms with Crippen LogP contribution < -0.4 is 10.6 Å². The molecule has 1 aliphatic rings. The van der Waals surface area contributed by atoms with Crippen LogP contribution in [0, 0.1) is 13.8 Å². The van der Waals surface area contributed by atoms with Crippen LogP contribution in [0.3, 0.4) is 0 Å². The Labute approximate surface area is 124 Å². The van der Waals surface area contributed by atoms with Crippen LogP contribution in [0.5, 0.6) is 0 Å². The van der Waals surface area contributed by atoms with Crippen molar-refractivity contribution in [1.29, 1.82) is 0 Å². The van der Waals surface area contributed by atoms with Gasteiger partial charge in [0.05, 0.1) is 5.56 Å². The number of nitrogens with zero attached hydrogens (tertiary/aromatic N) is 3. The van der Waals surface area contributed by atoms with Crippen LogP contribution in [0.4, 0.5) is 5.82 Å². The SMILES string of the molecule is CC(=O)N1CCN(c2nc(C)cc(C)c2C(N)=S)CC1. The van der Waals surface area contributed by atoms with E-state index in [4.69, 9.17) is 18.0 Å². The summed E-state index contributed by atoms with van der Waals surface area (Å²) in [7, 11) is 0. The second-order valence-corrected chi connectivity index (χ2v) is 5.58. The minimum absolute atomic E-state index is 0.118. The predicted octanol–water partition coefficient (Wildman–Crippen LogP) is 1.00. The number of pyridine rings is 1. The van der Waals surface area contributed by atoms with Gasteiger partial charge in [-0.3, -0.25) is 4.79 Å². The molecular formula is C14H20N4OS. The molecule has 1 aliphatic heterocycles. The summed E-state index contributed by atoms with van der Waals surface area (Å²) < 4.78 is 0. The van der Waals surface area contributed by atoms with Crippen molar-refractivity contribution in [2.24, 2.45) is 5.73 Å². The number of anilines is 1. The Balaban J connectivity index is 2.30. The lowest BCUT2D eigenvalue weighted by atomic mass is 10.1. The number of carbonyl (C=O) groups is 1. The molecule has 1 amide bonds.